The van der Waals surface area contributed by atoms with Gasteiger partial charge in [-0.2, -0.15) is 0 Å². The van der Waals surface area contributed by atoms with Crippen LogP contribution in [0.4, 0.5) is 0 Å². The molecule has 1 aliphatic carbocycles. The van der Waals surface area contributed by atoms with Crippen LogP contribution in [0.3, 0.4) is 0 Å². The molecule has 3 aromatic carbocycles. The monoisotopic (exact) mass is 375 g/mol. The lowest BCUT2D eigenvalue weighted by Crippen LogP contribution is -2.05. The van der Waals surface area contributed by atoms with E-state index in [1.807, 2.05) is 6.07 Å². The van der Waals surface area contributed by atoms with Gasteiger partial charge in [0.1, 0.15) is 0 Å². The van der Waals surface area contributed by atoms with Gasteiger partial charge < -0.3 is 0 Å². The van der Waals surface area contributed by atoms with Crippen LogP contribution >= 0.6 is 0 Å². The van der Waals surface area contributed by atoms with E-state index in [0.717, 1.165) is 36.3 Å². The Morgan fingerprint density at radius 3 is 1.97 bits per heavy atom. The molecule has 0 amide bonds. The molecule has 5 rings (SSSR count). The van der Waals surface area contributed by atoms with Gasteiger partial charge in [-0.25, -0.2) is 4.42 Å². The normalized spacial score (nSPS) is 14.6. The lowest BCUT2D eigenvalue weighted by atomic mass is 9.86. The second-order valence-corrected chi connectivity index (χ2v) is 7.50. The Balaban J connectivity index is 1.73. The third kappa shape index (κ3) is 3.64. The first kappa shape index (κ1) is 17.6. The SMILES string of the molecule is C(=C1\CCCc2c(-c3ccccc3)cc(-c3ccccc3)[o+]c21)/c1ccccc1. The van der Waals surface area contributed by atoms with Crippen molar-refractivity contribution >= 4 is 11.6 Å². The van der Waals surface area contributed by atoms with E-state index in [4.69, 9.17) is 4.42 Å². The van der Waals surface area contributed by atoms with E-state index in [2.05, 4.69) is 97.1 Å². The highest BCUT2D eigenvalue weighted by molar-refractivity contribution is 5.86. The molecule has 0 spiro atoms. The van der Waals surface area contributed by atoms with E-state index >= 15 is 0 Å². The van der Waals surface area contributed by atoms with Gasteiger partial charge in [-0.1, -0.05) is 78.9 Å². The number of rotatable bonds is 3. The number of hydrogen-bond donors (Lipinski definition) is 0. The van der Waals surface area contributed by atoms with E-state index in [9.17, 15) is 0 Å². The summed E-state index contributed by atoms with van der Waals surface area (Å²) in [6.07, 6.45) is 5.51. The molecular formula is C28H23O+. The van der Waals surface area contributed by atoms with Crippen molar-refractivity contribution in [2.45, 2.75) is 19.3 Å². The van der Waals surface area contributed by atoms with Crippen molar-refractivity contribution in [1.82, 2.24) is 0 Å². The highest BCUT2D eigenvalue weighted by Gasteiger charge is 2.31. The summed E-state index contributed by atoms with van der Waals surface area (Å²) in [6.45, 7) is 0. The van der Waals surface area contributed by atoms with E-state index in [1.165, 1.54) is 27.8 Å². The van der Waals surface area contributed by atoms with Crippen molar-refractivity contribution in [2.75, 3.05) is 0 Å². The van der Waals surface area contributed by atoms with Gasteiger partial charge in [0.2, 0.25) is 0 Å². The van der Waals surface area contributed by atoms with Crippen LogP contribution in [0.15, 0.2) is 101 Å². The fraction of sp³-hybridized carbons (Fsp3) is 0.107. The van der Waals surface area contributed by atoms with E-state index < -0.39 is 0 Å². The van der Waals surface area contributed by atoms with Gasteiger partial charge in [-0.15, -0.1) is 0 Å². The molecule has 0 radical (unpaired) electrons. The molecule has 140 valence electrons. The Hall–Kier alpha value is -3.45. The van der Waals surface area contributed by atoms with Crippen LogP contribution in [0, 0.1) is 0 Å². The lowest BCUT2D eigenvalue weighted by Gasteiger charge is -2.15. The van der Waals surface area contributed by atoms with Gasteiger partial charge >= 0.3 is 11.5 Å². The molecule has 29 heavy (non-hydrogen) atoms. The molecule has 1 nitrogen and oxygen atoms in total. The molecule has 1 heteroatoms. The number of hydrogen-bond acceptors (Lipinski definition) is 0. The highest BCUT2D eigenvalue weighted by Crippen LogP contribution is 2.41. The van der Waals surface area contributed by atoms with Crippen LogP contribution in [0.1, 0.15) is 29.7 Å². The minimum absolute atomic E-state index is 0.920. The maximum atomic E-state index is 6.56. The molecule has 0 fully saturated rings. The van der Waals surface area contributed by atoms with Gasteiger partial charge in [-0.3, -0.25) is 0 Å². The summed E-state index contributed by atoms with van der Waals surface area (Å²) in [7, 11) is 0. The standard InChI is InChI=1S/C28H23O/c1-4-11-21(12-5-1)19-24-17-10-18-25-26(22-13-6-2-7-14-22)20-27(29-28(24)25)23-15-8-3-9-16-23/h1-9,11-16,19-20H,10,17-18H2/q+1/b24-19-. The smallest absolute Gasteiger partial charge is 0.207 e. The van der Waals surface area contributed by atoms with Gasteiger partial charge in [0.05, 0.1) is 22.8 Å². The number of fused-ring (bicyclic) bond motifs is 1. The summed E-state index contributed by atoms with van der Waals surface area (Å²) >= 11 is 0. The molecular weight excluding hydrogens is 352 g/mol. The molecule has 1 heterocycles. The average Bonchev–Trinajstić information content (AvgIpc) is 2.80. The third-order valence-electron chi connectivity index (χ3n) is 5.53. The van der Waals surface area contributed by atoms with Crippen LogP contribution in [0.5, 0.6) is 0 Å². The average molecular weight is 375 g/mol. The lowest BCUT2D eigenvalue weighted by molar-refractivity contribution is 0.529. The van der Waals surface area contributed by atoms with Gasteiger partial charge in [0, 0.05) is 5.56 Å². The van der Waals surface area contributed by atoms with Gasteiger partial charge in [0.15, 0.2) is 0 Å². The summed E-state index contributed by atoms with van der Waals surface area (Å²) < 4.78 is 6.56. The molecule has 0 saturated carbocycles. The van der Waals surface area contributed by atoms with Crippen molar-refractivity contribution in [1.29, 1.82) is 0 Å². The first-order valence-corrected chi connectivity index (χ1v) is 10.3. The Kier molecular flexibility index (Phi) is 4.80. The topological polar surface area (TPSA) is 11.3 Å². The summed E-state index contributed by atoms with van der Waals surface area (Å²) in [6, 6.07) is 33.8. The zero-order chi connectivity index (χ0) is 19.5. The molecule has 0 unspecified atom stereocenters. The predicted octanol–water partition coefficient (Wildman–Crippen LogP) is 7.77. The quantitative estimate of drug-likeness (QED) is 0.333. The number of allylic oxidation sites excluding steroid dienone is 1. The van der Waals surface area contributed by atoms with Crippen molar-refractivity contribution in [3.63, 3.8) is 0 Å². The molecule has 1 aliphatic rings. The van der Waals surface area contributed by atoms with Gasteiger partial charge in [0.25, 0.3) is 0 Å². The van der Waals surface area contributed by atoms with Crippen LogP contribution in [-0.2, 0) is 6.42 Å². The second kappa shape index (κ2) is 7.89. The van der Waals surface area contributed by atoms with Crippen LogP contribution in [0.25, 0.3) is 34.1 Å². The maximum absolute atomic E-state index is 6.56. The summed E-state index contributed by atoms with van der Waals surface area (Å²) in [5, 5.41) is 0. The summed E-state index contributed by atoms with van der Waals surface area (Å²) in [5.74, 6) is 1.96. The largest absolute Gasteiger partial charge is 0.361 e. The van der Waals surface area contributed by atoms with E-state index in [-0.39, 0.29) is 0 Å². The van der Waals surface area contributed by atoms with E-state index in [1.54, 1.807) is 0 Å². The molecule has 0 aliphatic heterocycles. The Labute approximate surface area is 172 Å². The first-order valence-electron chi connectivity index (χ1n) is 10.3. The Morgan fingerprint density at radius 2 is 1.28 bits per heavy atom. The van der Waals surface area contributed by atoms with Crippen molar-refractivity contribution < 1.29 is 4.42 Å². The maximum Gasteiger partial charge on any atom is 0.361 e. The molecule has 0 bridgehead atoms. The zero-order valence-corrected chi connectivity index (χ0v) is 16.3. The molecule has 0 N–H and O–H groups in total. The molecule has 0 atom stereocenters. The Morgan fingerprint density at radius 1 is 0.655 bits per heavy atom. The van der Waals surface area contributed by atoms with Crippen molar-refractivity contribution in [2.24, 2.45) is 0 Å². The fourth-order valence-corrected chi connectivity index (χ4v) is 4.13. The minimum atomic E-state index is 0.920. The second-order valence-electron chi connectivity index (χ2n) is 7.50. The Bertz CT molecular complexity index is 1140. The number of benzene rings is 3. The van der Waals surface area contributed by atoms with Gasteiger partial charge in [-0.05, 0) is 48.6 Å². The van der Waals surface area contributed by atoms with E-state index in [0.29, 0.717) is 0 Å². The minimum Gasteiger partial charge on any atom is -0.207 e. The van der Waals surface area contributed by atoms with Crippen molar-refractivity contribution in [3.8, 4) is 22.5 Å². The van der Waals surface area contributed by atoms with Crippen LogP contribution in [0.2, 0.25) is 0 Å². The summed E-state index contributed by atoms with van der Waals surface area (Å²) in [4.78, 5) is 0. The van der Waals surface area contributed by atoms with Crippen molar-refractivity contribution in [3.05, 3.63) is 114 Å². The molecule has 0 saturated heterocycles. The summed E-state index contributed by atoms with van der Waals surface area (Å²) in [5.41, 5.74) is 7.47. The zero-order valence-electron chi connectivity index (χ0n) is 16.3. The third-order valence-corrected chi connectivity index (χ3v) is 5.53. The fourth-order valence-electron chi connectivity index (χ4n) is 4.13. The van der Waals surface area contributed by atoms with Crippen LogP contribution in [-0.4, -0.2) is 0 Å². The van der Waals surface area contributed by atoms with Crippen LogP contribution < -0.4 is 0 Å². The predicted molar refractivity (Wildman–Crippen MR) is 121 cm³/mol. The molecule has 4 aromatic rings. The highest BCUT2D eigenvalue weighted by atomic mass is 16.3. The first-order chi connectivity index (χ1) is 14.4. The molecule has 1 aromatic heterocycles.